The number of halogens is 1. The number of hydrogen-bond donors (Lipinski definition) is 1. The van der Waals surface area contributed by atoms with Crippen LogP contribution in [0.3, 0.4) is 0 Å². The molecule has 2 unspecified atom stereocenters. The molecule has 0 radical (unpaired) electrons. The number of hydrogen-bond acceptors (Lipinski definition) is 2. The van der Waals surface area contributed by atoms with Crippen molar-refractivity contribution in [1.82, 2.24) is 4.90 Å². The zero-order valence-corrected chi connectivity index (χ0v) is 11.3. The van der Waals surface area contributed by atoms with Crippen LogP contribution in [0.5, 0.6) is 0 Å². The van der Waals surface area contributed by atoms with Gasteiger partial charge in [0.2, 0.25) is 5.91 Å². The molecule has 1 aliphatic rings. The minimum absolute atomic E-state index is 0.0379. The average Bonchev–Trinajstić information content (AvgIpc) is 2.86. The van der Waals surface area contributed by atoms with Crippen molar-refractivity contribution in [3.8, 4) is 0 Å². The van der Waals surface area contributed by atoms with Crippen LogP contribution in [0.25, 0.3) is 0 Å². The Balaban J connectivity index is 1.99. The lowest BCUT2D eigenvalue weighted by molar-refractivity contribution is -0.131. The Morgan fingerprint density at radius 3 is 2.95 bits per heavy atom. The van der Waals surface area contributed by atoms with Crippen molar-refractivity contribution in [2.45, 2.75) is 31.7 Å². The van der Waals surface area contributed by atoms with E-state index < -0.39 is 0 Å². The predicted molar refractivity (Wildman–Crippen MR) is 73.1 cm³/mol. The molecule has 0 aromatic heterocycles. The van der Waals surface area contributed by atoms with Gasteiger partial charge in [0.05, 0.1) is 6.42 Å². The van der Waals surface area contributed by atoms with Crippen molar-refractivity contribution in [1.29, 1.82) is 0 Å². The molecule has 2 N–H and O–H groups in total. The van der Waals surface area contributed by atoms with Gasteiger partial charge in [0.1, 0.15) is 5.82 Å². The molecule has 0 bridgehead atoms. The first-order valence-corrected chi connectivity index (χ1v) is 6.82. The average molecular weight is 264 g/mol. The summed E-state index contributed by atoms with van der Waals surface area (Å²) in [4.78, 5) is 14.0. The van der Waals surface area contributed by atoms with E-state index in [1.165, 1.54) is 12.1 Å². The molecule has 0 heterocycles. The first-order valence-electron chi connectivity index (χ1n) is 6.82. The van der Waals surface area contributed by atoms with E-state index in [9.17, 15) is 9.18 Å². The van der Waals surface area contributed by atoms with Crippen molar-refractivity contribution in [3.05, 3.63) is 35.6 Å². The van der Waals surface area contributed by atoms with E-state index in [-0.39, 0.29) is 24.2 Å². The molecule has 1 aromatic rings. The molecule has 4 heteroatoms. The normalized spacial score (nSPS) is 22.5. The number of benzene rings is 1. The molecule has 1 aromatic carbocycles. The molecule has 1 fully saturated rings. The summed E-state index contributed by atoms with van der Waals surface area (Å²) < 4.78 is 13.1. The van der Waals surface area contributed by atoms with E-state index in [2.05, 4.69) is 0 Å². The van der Waals surface area contributed by atoms with Gasteiger partial charge in [-0.3, -0.25) is 4.79 Å². The van der Waals surface area contributed by atoms with E-state index in [1.807, 2.05) is 7.05 Å². The van der Waals surface area contributed by atoms with Crippen LogP contribution in [-0.2, 0) is 11.2 Å². The second-order valence-electron chi connectivity index (χ2n) is 5.31. The Morgan fingerprint density at radius 2 is 2.26 bits per heavy atom. The van der Waals surface area contributed by atoms with Crippen molar-refractivity contribution in [3.63, 3.8) is 0 Å². The number of nitrogens with two attached hydrogens (primary N) is 1. The maximum Gasteiger partial charge on any atom is 0.226 e. The lowest BCUT2D eigenvalue weighted by atomic mass is 10.0. The smallest absolute Gasteiger partial charge is 0.226 e. The van der Waals surface area contributed by atoms with E-state index in [0.717, 1.165) is 24.8 Å². The zero-order chi connectivity index (χ0) is 13.8. The van der Waals surface area contributed by atoms with Crippen LogP contribution in [0.4, 0.5) is 4.39 Å². The van der Waals surface area contributed by atoms with Crippen molar-refractivity contribution >= 4 is 5.91 Å². The van der Waals surface area contributed by atoms with Crippen LogP contribution in [0, 0.1) is 11.7 Å². The fourth-order valence-corrected chi connectivity index (χ4v) is 2.93. The fraction of sp³-hybridized carbons (Fsp3) is 0.533. The van der Waals surface area contributed by atoms with Gasteiger partial charge in [0, 0.05) is 13.1 Å². The molecule has 0 saturated heterocycles. The fourth-order valence-electron chi connectivity index (χ4n) is 2.93. The number of carbonyl (C=O) groups is 1. The highest BCUT2D eigenvalue weighted by molar-refractivity contribution is 5.78. The quantitative estimate of drug-likeness (QED) is 0.903. The first-order chi connectivity index (χ1) is 9.11. The Kier molecular flexibility index (Phi) is 4.53. The molecular formula is C15H21FN2O. The maximum atomic E-state index is 13.1. The Labute approximate surface area is 113 Å². The molecule has 2 rings (SSSR count). The second-order valence-corrected chi connectivity index (χ2v) is 5.31. The van der Waals surface area contributed by atoms with Gasteiger partial charge in [-0.2, -0.15) is 0 Å². The summed E-state index contributed by atoms with van der Waals surface area (Å²) in [6.45, 7) is 0.627. The van der Waals surface area contributed by atoms with Crippen LogP contribution in [0.1, 0.15) is 24.8 Å². The molecule has 1 saturated carbocycles. The lowest BCUT2D eigenvalue weighted by Gasteiger charge is -2.29. The Bertz CT molecular complexity index is 450. The third kappa shape index (κ3) is 3.32. The van der Waals surface area contributed by atoms with E-state index in [4.69, 9.17) is 5.73 Å². The number of rotatable bonds is 4. The summed E-state index contributed by atoms with van der Waals surface area (Å²) in [5.41, 5.74) is 6.47. The molecule has 2 atom stereocenters. The summed E-state index contributed by atoms with van der Waals surface area (Å²) >= 11 is 0. The van der Waals surface area contributed by atoms with Crippen LogP contribution in [-0.4, -0.2) is 30.4 Å². The van der Waals surface area contributed by atoms with Gasteiger partial charge in [-0.25, -0.2) is 4.39 Å². The van der Waals surface area contributed by atoms with Gasteiger partial charge in [0.15, 0.2) is 0 Å². The summed E-state index contributed by atoms with van der Waals surface area (Å²) in [7, 11) is 1.83. The van der Waals surface area contributed by atoms with Gasteiger partial charge in [-0.15, -0.1) is 0 Å². The van der Waals surface area contributed by atoms with Crippen LogP contribution < -0.4 is 5.73 Å². The Hall–Kier alpha value is -1.42. The van der Waals surface area contributed by atoms with E-state index in [1.54, 1.807) is 17.0 Å². The van der Waals surface area contributed by atoms with Crippen molar-refractivity contribution in [2.75, 3.05) is 13.6 Å². The third-order valence-electron chi connectivity index (χ3n) is 4.06. The summed E-state index contributed by atoms with van der Waals surface area (Å²) in [5, 5.41) is 0. The molecule has 1 aliphatic carbocycles. The summed E-state index contributed by atoms with van der Waals surface area (Å²) in [5.74, 6) is 0.145. The second kappa shape index (κ2) is 6.15. The zero-order valence-electron chi connectivity index (χ0n) is 11.3. The van der Waals surface area contributed by atoms with Crippen LogP contribution in [0.2, 0.25) is 0 Å². The van der Waals surface area contributed by atoms with Crippen molar-refractivity contribution < 1.29 is 9.18 Å². The van der Waals surface area contributed by atoms with E-state index in [0.29, 0.717) is 12.5 Å². The van der Waals surface area contributed by atoms with Gasteiger partial charge >= 0.3 is 0 Å². The van der Waals surface area contributed by atoms with Gasteiger partial charge in [-0.05, 0) is 43.0 Å². The van der Waals surface area contributed by atoms with Crippen LogP contribution >= 0.6 is 0 Å². The largest absolute Gasteiger partial charge is 0.342 e. The maximum absolute atomic E-state index is 13.1. The topological polar surface area (TPSA) is 46.3 Å². The van der Waals surface area contributed by atoms with E-state index >= 15 is 0 Å². The SMILES string of the molecule is CN(C(=O)Cc1cccc(F)c1)C1CCCC1CN. The molecule has 0 spiro atoms. The standard InChI is InChI=1S/C15H21FN2O/c1-18(14-7-3-5-12(14)10-17)15(19)9-11-4-2-6-13(16)8-11/h2,4,6,8,12,14H,3,5,7,9-10,17H2,1H3. The minimum Gasteiger partial charge on any atom is -0.342 e. The van der Waals surface area contributed by atoms with Gasteiger partial charge in [0.25, 0.3) is 0 Å². The van der Waals surface area contributed by atoms with Crippen molar-refractivity contribution in [2.24, 2.45) is 11.7 Å². The highest BCUT2D eigenvalue weighted by Crippen LogP contribution is 2.28. The summed E-state index contributed by atoms with van der Waals surface area (Å²) in [6, 6.07) is 6.46. The number of amides is 1. The summed E-state index contributed by atoms with van der Waals surface area (Å²) in [6.07, 6.45) is 3.50. The monoisotopic (exact) mass is 264 g/mol. The number of nitrogens with zero attached hydrogens (tertiary/aromatic N) is 1. The molecule has 1 amide bonds. The molecule has 3 nitrogen and oxygen atoms in total. The number of carbonyl (C=O) groups excluding carboxylic acids is 1. The highest BCUT2D eigenvalue weighted by Gasteiger charge is 2.31. The third-order valence-corrected chi connectivity index (χ3v) is 4.06. The minimum atomic E-state index is -0.298. The highest BCUT2D eigenvalue weighted by atomic mass is 19.1. The molecule has 19 heavy (non-hydrogen) atoms. The predicted octanol–water partition coefficient (Wildman–Crippen LogP) is 1.95. The Morgan fingerprint density at radius 1 is 1.47 bits per heavy atom. The molecular weight excluding hydrogens is 243 g/mol. The first kappa shape index (κ1) is 14.0. The lowest BCUT2D eigenvalue weighted by Crippen LogP contribution is -2.42. The van der Waals surface area contributed by atoms with Gasteiger partial charge < -0.3 is 10.6 Å². The molecule has 104 valence electrons. The van der Waals surface area contributed by atoms with Gasteiger partial charge in [-0.1, -0.05) is 18.6 Å². The number of likely N-dealkylation sites (N-methyl/N-ethyl adjacent to an activating group) is 1. The molecule has 0 aliphatic heterocycles. The van der Waals surface area contributed by atoms with Crippen LogP contribution in [0.15, 0.2) is 24.3 Å².